The molecule has 0 rings (SSSR count). The zero-order valence-electron chi connectivity index (χ0n) is 28.8. The quantitative estimate of drug-likeness (QED) is 0.0593. The number of carbonyl (C=O) groups is 2. The monoisotopic (exact) mass is 601 g/mol. The molecule has 0 radical (unpaired) electrons. The maximum atomic E-state index is 10.3. The number of carboxylic acid groups (broad SMARTS) is 2. The van der Waals surface area contributed by atoms with Gasteiger partial charge in [0.05, 0.1) is 0 Å². The molecule has 0 aromatic rings. The molecular weight excluding hydrogens is 526 g/mol. The van der Waals surface area contributed by atoms with Gasteiger partial charge in [0, 0.05) is 12.8 Å². The molecule has 3 N–H and O–H groups in total. The molecular formula is C36H74Li2O5. The van der Waals surface area contributed by atoms with Crippen molar-refractivity contribution in [2.45, 2.75) is 219 Å². The van der Waals surface area contributed by atoms with E-state index in [0.29, 0.717) is 12.8 Å². The van der Waals surface area contributed by atoms with E-state index in [1.165, 1.54) is 167 Å². The summed E-state index contributed by atoms with van der Waals surface area (Å²) >= 11 is 0. The summed E-state index contributed by atoms with van der Waals surface area (Å²) in [7, 11) is 0. The number of carboxylic acids is 2. The van der Waals surface area contributed by atoms with Gasteiger partial charge in [-0.15, -0.1) is 0 Å². The molecule has 0 amide bonds. The smallest absolute Gasteiger partial charge is 0.870 e. The van der Waals surface area contributed by atoms with Crippen LogP contribution in [0.15, 0.2) is 0 Å². The molecule has 5 nitrogen and oxygen atoms in total. The molecule has 0 bridgehead atoms. The van der Waals surface area contributed by atoms with Gasteiger partial charge in [0.15, 0.2) is 0 Å². The number of aliphatic carboxylic acids is 2. The third-order valence-corrected chi connectivity index (χ3v) is 7.99. The summed E-state index contributed by atoms with van der Waals surface area (Å²) in [5.74, 6) is -1.31. The van der Waals surface area contributed by atoms with Crippen molar-refractivity contribution in [3.05, 3.63) is 0 Å². The summed E-state index contributed by atoms with van der Waals surface area (Å²) < 4.78 is 0. The van der Waals surface area contributed by atoms with Gasteiger partial charge in [-0.1, -0.05) is 194 Å². The Hall–Kier alpha value is 0.0948. The van der Waals surface area contributed by atoms with Gasteiger partial charge in [-0.05, 0) is 12.8 Å². The van der Waals surface area contributed by atoms with E-state index in [-0.39, 0.29) is 43.2 Å². The number of hydrogen-bond acceptors (Lipinski definition) is 3. The SMILES string of the molecule is CCCCCCCCCCCCCCCCCC(=O)O.CCCCCCCCCCCCCCCCCC(=O)O.[Li+].[LiH].[OH-]. The van der Waals surface area contributed by atoms with E-state index in [4.69, 9.17) is 10.2 Å². The summed E-state index contributed by atoms with van der Waals surface area (Å²) in [5.41, 5.74) is 0. The van der Waals surface area contributed by atoms with E-state index in [1.54, 1.807) is 0 Å². The first-order valence-electron chi connectivity index (χ1n) is 18.0. The maximum Gasteiger partial charge on any atom is -0.870 e. The number of rotatable bonds is 32. The van der Waals surface area contributed by atoms with Gasteiger partial charge < -0.3 is 15.7 Å². The molecule has 250 valence electrons. The van der Waals surface area contributed by atoms with E-state index in [0.717, 1.165) is 25.7 Å². The standard InChI is InChI=1S/2C18H36O2.2Li.H2O.H/c2*1-2-3-4-5-6-7-8-9-10-11-12-13-14-15-16-17-18(19)20;;;;/h2*2-17H2,1H3,(H,19,20);;;1H2;/q;;;+1;;/p-1. The van der Waals surface area contributed by atoms with Crippen molar-refractivity contribution < 1.29 is 44.1 Å². The van der Waals surface area contributed by atoms with Gasteiger partial charge >= 0.3 is 49.7 Å². The summed E-state index contributed by atoms with van der Waals surface area (Å²) in [4.78, 5) is 20.7. The van der Waals surface area contributed by atoms with Crippen LogP contribution in [0.5, 0.6) is 0 Å². The maximum absolute atomic E-state index is 10.3. The summed E-state index contributed by atoms with van der Waals surface area (Å²) in [6, 6.07) is 0. The second-order valence-corrected chi connectivity index (χ2v) is 12.2. The fourth-order valence-corrected chi connectivity index (χ4v) is 5.30. The third-order valence-electron chi connectivity index (χ3n) is 7.99. The minimum absolute atomic E-state index is 0. The Morgan fingerprint density at radius 2 is 0.488 bits per heavy atom. The molecule has 0 saturated heterocycles. The minimum Gasteiger partial charge on any atom is -0.870 e. The van der Waals surface area contributed by atoms with Crippen molar-refractivity contribution in [1.29, 1.82) is 0 Å². The Labute approximate surface area is 293 Å². The molecule has 0 aliphatic carbocycles. The first-order valence-corrected chi connectivity index (χ1v) is 18.0. The molecule has 0 aliphatic rings. The molecule has 0 spiro atoms. The van der Waals surface area contributed by atoms with Gasteiger partial charge in [-0.2, -0.15) is 0 Å². The first kappa shape index (κ1) is 52.6. The van der Waals surface area contributed by atoms with E-state index in [9.17, 15) is 9.59 Å². The van der Waals surface area contributed by atoms with Crippen LogP contribution in [0.1, 0.15) is 219 Å². The number of hydrogen-bond donors (Lipinski definition) is 2. The predicted octanol–water partition coefficient (Wildman–Crippen LogP) is 8.84. The second kappa shape index (κ2) is 49.0. The molecule has 0 aromatic heterocycles. The van der Waals surface area contributed by atoms with Crippen molar-refractivity contribution in [3.63, 3.8) is 0 Å². The average Bonchev–Trinajstić information content (AvgIpc) is 2.93. The number of unbranched alkanes of at least 4 members (excludes halogenated alkanes) is 28. The predicted molar refractivity (Wildman–Crippen MR) is 183 cm³/mol. The second-order valence-electron chi connectivity index (χ2n) is 12.2. The molecule has 0 aromatic carbocycles. The Morgan fingerprint density at radius 3 is 0.628 bits per heavy atom. The topological polar surface area (TPSA) is 105 Å². The summed E-state index contributed by atoms with van der Waals surface area (Å²) in [5, 5.41) is 17.0. The molecule has 0 aliphatic heterocycles. The van der Waals surface area contributed by atoms with Crippen LogP contribution in [0, 0.1) is 0 Å². The summed E-state index contributed by atoms with van der Waals surface area (Å²) in [6.45, 7) is 4.54. The zero-order chi connectivity index (χ0) is 29.8. The molecule has 0 fully saturated rings. The van der Waals surface area contributed by atoms with Crippen LogP contribution in [0.3, 0.4) is 0 Å². The molecule has 0 saturated carbocycles. The average molecular weight is 601 g/mol. The minimum atomic E-state index is -0.653. The fraction of sp³-hybridized carbons (Fsp3) is 0.944. The van der Waals surface area contributed by atoms with Crippen LogP contribution in [-0.4, -0.2) is 46.5 Å². The van der Waals surface area contributed by atoms with Crippen molar-refractivity contribution in [2.75, 3.05) is 0 Å². The Balaban J connectivity index is -0.000000209. The van der Waals surface area contributed by atoms with Crippen molar-refractivity contribution in [1.82, 2.24) is 0 Å². The van der Waals surface area contributed by atoms with E-state index >= 15 is 0 Å². The molecule has 7 heteroatoms. The van der Waals surface area contributed by atoms with Gasteiger partial charge in [-0.25, -0.2) is 0 Å². The van der Waals surface area contributed by atoms with Crippen LogP contribution >= 0.6 is 0 Å². The van der Waals surface area contributed by atoms with Crippen LogP contribution in [0.2, 0.25) is 0 Å². The van der Waals surface area contributed by atoms with Gasteiger partial charge in [0.1, 0.15) is 0 Å². The Kier molecular flexibility index (Phi) is 59.9. The van der Waals surface area contributed by atoms with Crippen molar-refractivity contribution in [2.24, 2.45) is 0 Å². The van der Waals surface area contributed by atoms with E-state index in [1.807, 2.05) is 0 Å². The normalized spacial score (nSPS) is 10.1. The Bertz CT molecular complexity index is 462. The first-order chi connectivity index (χ1) is 19.5. The summed E-state index contributed by atoms with van der Waals surface area (Å²) in [6.07, 6.45) is 40.4. The van der Waals surface area contributed by atoms with Crippen LogP contribution in [-0.2, 0) is 9.59 Å². The molecule has 43 heavy (non-hydrogen) atoms. The van der Waals surface area contributed by atoms with Crippen LogP contribution < -0.4 is 18.9 Å². The molecule has 0 heterocycles. The van der Waals surface area contributed by atoms with Crippen molar-refractivity contribution in [3.8, 4) is 0 Å². The van der Waals surface area contributed by atoms with Crippen molar-refractivity contribution >= 4 is 30.8 Å². The van der Waals surface area contributed by atoms with Gasteiger partial charge in [0.25, 0.3) is 0 Å². The van der Waals surface area contributed by atoms with Crippen LogP contribution in [0.4, 0.5) is 0 Å². The zero-order valence-corrected chi connectivity index (χ0v) is 28.8. The van der Waals surface area contributed by atoms with Crippen LogP contribution in [0.25, 0.3) is 0 Å². The Morgan fingerprint density at radius 1 is 0.349 bits per heavy atom. The fourth-order valence-electron chi connectivity index (χ4n) is 5.30. The molecule has 0 unspecified atom stereocenters. The van der Waals surface area contributed by atoms with E-state index in [2.05, 4.69) is 13.8 Å². The third kappa shape index (κ3) is 58.2. The van der Waals surface area contributed by atoms with Gasteiger partial charge in [0.2, 0.25) is 0 Å². The molecule has 0 atom stereocenters. The van der Waals surface area contributed by atoms with Gasteiger partial charge in [-0.3, -0.25) is 9.59 Å². The largest absolute Gasteiger partial charge is 0.870 e. The van der Waals surface area contributed by atoms with E-state index < -0.39 is 11.9 Å².